The topological polar surface area (TPSA) is 24.5 Å². The van der Waals surface area contributed by atoms with Gasteiger partial charge in [0.15, 0.2) is 0 Å². The maximum absolute atomic E-state index is 5.37. The number of unbranched alkanes of at least 4 members (excludes halogenated alkanes) is 2. The molecule has 2 unspecified atom stereocenters. The summed E-state index contributed by atoms with van der Waals surface area (Å²) in [6.07, 6.45) is 5.34. The van der Waals surface area contributed by atoms with E-state index in [4.69, 9.17) is 4.74 Å². The average molecular weight is 242 g/mol. The van der Waals surface area contributed by atoms with Crippen molar-refractivity contribution in [3.8, 4) is 0 Å². The number of nitrogens with zero attached hydrogens (tertiary/aromatic N) is 1. The van der Waals surface area contributed by atoms with Crippen LogP contribution in [-0.2, 0) is 4.74 Å². The monoisotopic (exact) mass is 242 g/mol. The Morgan fingerprint density at radius 3 is 2.47 bits per heavy atom. The fourth-order valence-electron chi connectivity index (χ4n) is 2.49. The molecule has 1 fully saturated rings. The maximum atomic E-state index is 5.37. The minimum Gasteiger partial charge on any atom is -0.379 e. The Balaban J connectivity index is 2.07. The van der Waals surface area contributed by atoms with Crippen LogP contribution >= 0.6 is 0 Å². The molecule has 0 bridgehead atoms. The molecule has 1 heterocycles. The molecule has 0 radical (unpaired) electrons. The number of rotatable bonds is 8. The van der Waals surface area contributed by atoms with Gasteiger partial charge in [0, 0.05) is 31.7 Å². The van der Waals surface area contributed by atoms with Gasteiger partial charge in [0.2, 0.25) is 0 Å². The summed E-state index contributed by atoms with van der Waals surface area (Å²) in [5, 5.41) is 3.70. The van der Waals surface area contributed by atoms with Gasteiger partial charge in [-0.25, -0.2) is 0 Å². The highest BCUT2D eigenvalue weighted by Crippen LogP contribution is 2.05. The summed E-state index contributed by atoms with van der Waals surface area (Å²) >= 11 is 0. The van der Waals surface area contributed by atoms with Crippen molar-refractivity contribution in [1.29, 1.82) is 0 Å². The van der Waals surface area contributed by atoms with Crippen LogP contribution in [0.2, 0.25) is 0 Å². The summed E-state index contributed by atoms with van der Waals surface area (Å²) in [7, 11) is 0. The van der Waals surface area contributed by atoms with E-state index in [0.29, 0.717) is 12.1 Å². The van der Waals surface area contributed by atoms with Crippen LogP contribution in [0.5, 0.6) is 0 Å². The predicted octanol–water partition coefficient (Wildman–Crippen LogP) is 2.27. The zero-order valence-electron chi connectivity index (χ0n) is 11.9. The van der Waals surface area contributed by atoms with Crippen LogP contribution in [0.3, 0.4) is 0 Å². The number of hydrogen-bond donors (Lipinski definition) is 1. The van der Waals surface area contributed by atoms with E-state index in [9.17, 15) is 0 Å². The van der Waals surface area contributed by atoms with E-state index in [1.165, 1.54) is 25.7 Å². The first kappa shape index (κ1) is 14.9. The standard InChI is InChI=1S/C14H30N2O/c1-4-5-6-7-13(2)15-14(3)12-16-8-10-17-11-9-16/h13-15H,4-12H2,1-3H3. The fourth-order valence-corrected chi connectivity index (χ4v) is 2.49. The average Bonchev–Trinajstić information content (AvgIpc) is 2.30. The van der Waals surface area contributed by atoms with Gasteiger partial charge in [0.25, 0.3) is 0 Å². The molecule has 1 rings (SSSR count). The highest BCUT2D eigenvalue weighted by molar-refractivity contribution is 4.73. The summed E-state index contributed by atoms with van der Waals surface area (Å²) in [5.74, 6) is 0. The molecule has 102 valence electrons. The summed E-state index contributed by atoms with van der Waals surface area (Å²) in [6.45, 7) is 12.0. The fraction of sp³-hybridized carbons (Fsp3) is 1.00. The summed E-state index contributed by atoms with van der Waals surface area (Å²) in [4.78, 5) is 2.50. The molecule has 0 aromatic rings. The molecule has 0 spiro atoms. The van der Waals surface area contributed by atoms with E-state index < -0.39 is 0 Å². The predicted molar refractivity (Wildman–Crippen MR) is 73.5 cm³/mol. The molecule has 1 aliphatic rings. The summed E-state index contributed by atoms with van der Waals surface area (Å²) < 4.78 is 5.37. The minimum absolute atomic E-state index is 0.588. The molecule has 3 heteroatoms. The highest BCUT2D eigenvalue weighted by Gasteiger charge is 2.14. The van der Waals surface area contributed by atoms with Crippen molar-refractivity contribution in [1.82, 2.24) is 10.2 Å². The first-order valence-electron chi connectivity index (χ1n) is 7.28. The molecule has 1 saturated heterocycles. The van der Waals surface area contributed by atoms with Gasteiger partial charge >= 0.3 is 0 Å². The maximum Gasteiger partial charge on any atom is 0.0594 e. The van der Waals surface area contributed by atoms with Crippen LogP contribution in [0.15, 0.2) is 0 Å². The number of hydrogen-bond acceptors (Lipinski definition) is 3. The minimum atomic E-state index is 0.588. The molecule has 3 nitrogen and oxygen atoms in total. The van der Waals surface area contributed by atoms with Crippen molar-refractivity contribution >= 4 is 0 Å². The van der Waals surface area contributed by atoms with Crippen LogP contribution in [0.4, 0.5) is 0 Å². The molecule has 0 aliphatic carbocycles. The van der Waals surface area contributed by atoms with Crippen molar-refractivity contribution in [3.05, 3.63) is 0 Å². The third-order valence-corrected chi connectivity index (χ3v) is 3.45. The Bertz CT molecular complexity index is 181. The molecule has 0 saturated carbocycles. The van der Waals surface area contributed by atoms with Crippen LogP contribution in [-0.4, -0.2) is 49.8 Å². The lowest BCUT2D eigenvalue weighted by atomic mass is 10.1. The zero-order chi connectivity index (χ0) is 12.5. The third kappa shape index (κ3) is 7.02. The molecular formula is C14H30N2O. The van der Waals surface area contributed by atoms with Crippen molar-refractivity contribution in [2.75, 3.05) is 32.8 Å². The Morgan fingerprint density at radius 1 is 1.12 bits per heavy atom. The van der Waals surface area contributed by atoms with Gasteiger partial charge in [0.05, 0.1) is 13.2 Å². The van der Waals surface area contributed by atoms with Crippen molar-refractivity contribution in [2.24, 2.45) is 0 Å². The number of nitrogens with one attached hydrogen (secondary N) is 1. The van der Waals surface area contributed by atoms with Gasteiger partial charge in [-0.05, 0) is 20.3 Å². The summed E-state index contributed by atoms with van der Waals surface area (Å²) in [5.41, 5.74) is 0. The zero-order valence-corrected chi connectivity index (χ0v) is 11.9. The van der Waals surface area contributed by atoms with E-state index in [1.807, 2.05) is 0 Å². The quantitative estimate of drug-likeness (QED) is 0.661. The van der Waals surface area contributed by atoms with Gasteiger partial charge in [-0.15, -0.1) is 0 Å². The van der Waals surface area contributed by atoms with E-state index in [1.54, 1.807) is 0 Å². The lowest BCUT2D eigenvalue weighted by molar-refractivity contribution is 0.0339. The van der Waals surface area contributed by atoms with E-state index in [2.05, 4.69) is 31.0 Å². The second kappa shape index (κ2) is 8.90. The SMILES string of the molecule is CCCCCC(C)NC(C)CN1CCOCC1. The van der Waals surface area contributed by atoms with E-state index in [0.717, 1.165) is 32.8 Å². The highest BCUT2D eigenvalue weighted by atomic mass is 16.5. The largest absolute Gasteiger partial charge is 0.379 e. The van der Waals surface area contributed by atoms with Crippen LogP contribution in [0.1, 0.15) is 46.5 Å². The van der Waals surface area contributed by atoms with Gasteiger partial charge in [-0.1, -0.05) is 26.2 Å². The van der Waals surface area contributed by atoms with Crippen LogP contribution in [0, 0.1) is 0 Å². The molecular weight excluding hydrogens is 212 g/mol. The smallest absolute Gasteiger partial charge is 0.0594 e. The molecule has 0 aromatic carbocycles. The number of ether oxygens (including phenoxy) is 1. The Kier molecular flexibility index (Phi) is 7.82. The number of morpholine rings is 1. The third-order valence-electron chi connectivity index (χ3n) is 3.45. The Morgan fingerprint density at radius 2 is 1.82 bits per heavy atom. The normalized spacial score (nSPS) is 21.4. The molecule has 0 aromatic heterocycles. The van der Waals surface area contributed by atoms with Gasteiger partial charge in [-0.2, -0.15) is 0 Å². The van der Waals surface area contributed by atoms with E-state index in [-0.39, 0.29) is 0 Å². The molecule has 2 atom stereocenters. The van der Waals surface area contributed by atoms with Crippen LogP contribution in [0.25, 0.3) is 0 Å². The first-order chi connectivity index (χ1) is 8.22. The van der Waals surface area contributed by atoms with Crippen molar-refractivity contribution in [2.45, 2.75) is 58.5 Å². The molecule has 1 aliphatic heterocycles. The van der Waals surface area contributed by atoms with Crippen LogP contribution < -0.4 is 5.32 Å². The Hall–Kier alpha value is -0.120. The summed E-state index contributed by atoms with van der Waals surface area (Å²) in [6, 6.07) is 1.24. The lowest BCUT2D eigenvalue weighted by Crippen LogP contribution is -2.46. The molecule has 17 heavy (non-hydrogen) atoms. The van der Waals surface area contributed by atoms with E-state index >= 15 is 0 Å². The Labute approximate surface area is 107 Å². The van der Waals surface area contributed by atoms with Crippen molar-refractivity contribution < 1.29 is 4.74 Å². The second-order valence-corrected chi connectivity index (χ2v) is 5.38. The first-order valence-corrected chi connectivity index (χ1v) is 7.28. The lowest BCUT2D eigenvalue weighted by Gasteiger charge is -2.30. The van der Waals surface area contributed by atoms with Gasteiger partial charge in [0.1, 0.15) is 0 Å². The van der Waals surface area contributed by atoms with Gasteiger partial charge < -0.3 is 10.1 Å². The molecule has 0 amide bonds. The second-order valence-electron chi connectivity index (χ2n) is 5.38. The van der Waals surface area contributed by atoms with Crippen molar-refractivity contribution in [3.63, 3.8) is 0 Å². The van der Waals surface area contributed by atoms with Gasteiger partial charge in [-0.3, -0.25) is 4.90 Å². The molecule has 1 N–H and O–H groups in total.